The largest absolute Gasteiger partial charge is 0.384 e. The maximum atomic E-state index is 14.6. The van der Waals surface area contributed by atoms with Crippen LogP contribution in [-0.4, -0.2) is 29.6 Å². The van der Waals surface area contributed by atoms with Crippen LogP contribution in [0.5, 0.6) is 0 Å². The fraction of sp³-hybridized carbons (Fsp3) is 0.174. The Morgan fingerprint density at radius 2 is 1.67 bits per heavy atom. The number of nitrogens with zero attached hydrogens (tertiary/aromatic N) is 2. The van der Waals surface area contributed by atoms with E-state index in [0.717, 1.165) is 28.8 Å². The number of sulfone groups is 1. The van der Waals surface area contributed by atoms with Gasteiger partial charge in [-0.2, -0.15) is 5.10 Å². The number of benzene rings is 2. The molecule has 2 aromatic carbocycles. The molecule has 0 unspecified atom stereocenters. The highest BCUT2D eigenvalue weighted by Gasteiger charge is 2.30. The van der Waals surface area contributed by atoms with Crippen LogP contribution in [0, 0.1) is 11.6 Å². The molecule has 5 nitrogen and oxygen atoms in total. The Labute approximate surface area is 198 Å². The van der Waals surface area contributed by atoms with Crippen molar-refractivity contribution in [2.24, 2.45) is 0 Å². The summed E-state index contributed by atoms with van der Waals surface area (Å²) in [4.78, 5) is 1.66. The van der Waals surface area contributed by atoms with E-state index < -0.39 is 27.1 Å². The molecular weight excluding hydrogens is 490 g/mol. The molecule has 4 rings (SSSR count). The standard InChI is InChI=1S/C23H19ClF2N2O3S2/c1-23(2,29)22-20(24)21(28(27-22)17-9-6-14(25)12-16(17)26)19-11-10-18(32-19)13-4-7-15(8-5-13)33(3,30)31/h4-12,29H,1-3H3. The second kappa shape index (κ2) is 8.32. The summed E-state index contributed by atoms with van der Waals surface area (Å²) in [6, 6.07) is 13.2. The number of hydrogen-bond acceptors (Lipinski definition) is 5. The molecule has 0 aliphatic heterocycles. The fourth-order valence-electron chi connectivity index (χ4n) is 3.32. The van der Waals surface area contributed by atoms with E-state index >= 15 is 0 Å². The van der Waals surface area contributed by atoms with Crippen LogP contribution >= 0.6 is 22.9 Å². The first-order valence-corrected chi connectivity index (χ1v) is 12.8. The highest BCUT2D eigenvalue weighted by atomic mass is 35.5. The lowest BCUT2D eigenvalue weighted by molar-refractivity contribution is 0.0735. The third-order valence-electron chi connectivity index (χ3n) is 4.95. The summed E-state index contributed by atoms with van der Waals surface area (Å²) < 4.78 is 52.8. The molecule has 33 heavy (non-hydrogen) atoms. The van der Waals surface area contributed by atoms with Gasteiger partial charge in [-0.05, 0) is 55.8 Å². The molecule has 0 aliphatic rings. The summed E-state index contributed by atoms with van der Waals surface area (Å²) >= 11 is 7.94. The molecule has 0 saturated carbocycles. The Bertz CT molecular complexity index is 1450. The first-order valence-electron chi connectivity index (χ1n) is 9.74. The van der Waals surface area contributed by atoms with Gasteiger partial charge in [-0.15, -0.1) is 11.3 Å². The Kier molecular flexibility index (Phi) is 5.94. The smallest absolute Gasteiger partial charge is 0.175 e. The number of aromatic nitrogens is 2. The highest BCUT2D eigenvalue weighted by Crippen LogP contribution is 2.42. The van der Waals surface area contributed by atoms with Crippen LogP contribution in [-0.2, 0) is 15.4 Å². The number of rotatable bonds is 5. The van der Waals surface area contributed by atoms with E-state index in [0.29, 0.717) is 10.6 Å². The van der Waals surface area contributed by atoms with Crippen molar-refractivity contribution in [2.75, 3.05) is 6.26 Å². The predicted molar refractivity (Wildman–Crippen MR) is 126 cm³/mol. The van der Waals surface area contributed by atoms with Gasteiger partial charge in [0, 0.05) is 17.2 Å². The third kappa shape index (κ3) is 4.59. The van der Waals surface area contributed by atoms with E-state index in [1.54, 1.807) is 18.2 Å². The first kappa shape index (κ1) is 23.6. The van der Waals surface area contributed by atoms with Gasteiger partial charge in [0.2, 0.25) is 0 Å². The van der Waals surface area contributed by atoms with Crippen LogP contribution in [0.4, 0.5) is 8.78 Å². The Morgan fingerprint density at radius 3 is 2.24 bits per heavy atom. The number of thiophene rings is 1. The average molecular weight is 509 g/mol. The summed E-state index contributed by atoms with van der Waals surface area (Å²) in [5.74, 6) is -1.56. The lowest BCUT2D eigenvalue weighted by Gasteiger charge is -2.14. The first-order chi connectivity index (χ1) is 15.4. The number of halogens is 3. The van der Waals surface area contributed by atoms with Crippen molar-refractivity contribution in [2.45, 2.75) is 24.3 Å². The van der Waals surface area contributed by atoms with Gasteiger partial charge >= 0.3 is 0 Å². The lowest BCUT2D eigenvalue weighted by atomic mass is 10.1. The Morgan fingerprint density at radius 1 is 1.03 bits per heavy atom. The monoisotopic (exact) mass is 508 g/mol. The predicted octanol–water partition coefficient (Wildman–Crippen LogP) is 5.83. The molecule has 172 valence electrons. The van der Waals surface area contributed by atoms with Gasteiger partial charge in [0.25, 0.3) is 0 Å². The summed E-state index contributed by atoms with van der Waals surface area (Å²) in [5, 5.41) is 15.0. The molecule has 1 N–H and O–H groups in total. The molecule has 2 heterocycles. The number of hydrogen-bond donors (Lipinski definition) is 1. The zero-order chi connectivity index (χ0) is 24.1. The molecule has 2 aromatic heterocycles. The van der Waals surface area contributed by atoms with Crippen molar-refractivity contribution in [1.29, 1.82) is 0 Å². The normalized spacial score (nSPS) is 12.3. The zero-order valence-electron chi connectivity index (χ0n) is 17.8. The lowest BCUT2D eigenvalue weighted by Crippen LogP contribution is -2.17. The van der Waals surface area contributed by atoms with E-state index in [9.17, 15) is 22.3 Å². The minimum absolute atomic E-state index is 0.0174. The minimum atomic E-state index is -3.31. The maximum Gasteiger partial charge on any atom is 0.175 e. The van der Waals surface area contributed by atoms with E-state index in [-0.39, 0.29) is 21.3 Å². The van der Waals surface area contributed by atoms with Gasteiger partial charge in [-0.1, -0.05) is 23.7 Å². The second-order valence-electron chi connectivity index (χ2n) is 8.04. The summed E-state index contributed by atoms with van der Waals surface area (Å²) in [6.07, 6.45) is 1.14. The van der Waals surface area contributed by atoms with Crippen molar-refractivity contribution in [1.82, 2.24) is 9.78 Å². The summed E-state index contributed by atoms with van der Waals surface area (Å²) in [6.45, 7) is 3.03. The van der Waals surface area contributed by atoms with Gasteiger partial charge in [-0.25, -0.2) is 21.9 Å². The molecule has 0 saturated heterocycles. The van der Waals surface area contributed by atoms with E-state index in [1.165, 1.54) is 48.1 Å². The van der Waals surface area contributed by atoms with Gasteiger partial charge in [0.05, 0.1) is 14.8 Å². The summed E-state index contributed by atoms with van der Waals surface area (Å²) in [7, 11) is -3.31. The number of aliphatic hydroxyl groups is 1. The van der Waals surface area contributed by atoms with Crippen LogP contribution < -0.4 is 0 Å². The minimum Gasteiger partial charge on any atom is -0.384 e. The maximum absolute atomic E-state index is 14.6. The van der Waals surface area contributed by atoms with Crippen molar-refractivity contribution in [3.8, 4) is 26.7 Å². The van der Waals surface area contributed by atoms with Crippen molar-refractivity contribution in [3.63, 3.8) is 0 Å². The molecule has 10 heteroatoms. The van der Waals surface area contributed by atoms with Crippen LogP contribution in [0.1, 0.15) is 19.5 Å². The van der Waals surface area contributed by atoms with E-state index in [2.05, 4.69) is 5.10 Å². The third-order valence-corrected chi connectivity index (χ3v) is 7.58. The van der Waals surface area contributed by atoms with Gasteiger partial charge in [-0.3, -0.25) is 0 Å². The molecule has 0 amide bonds. The molecule has 0 bridgehead atoms. The Hall–Kier alpha value is -2.59. The quantitative estimate of drug-likeness (QED) is 0.368. The van der Waals surface area contributed by atoms with Gasteiger partial charge in [0.1, 0.15) is 28.5 Å². The fourth-order valence-corrected chi connectivity index (χ4v) is 5.50. The zero-order valence-corrected chi connectivity index (χ0v) is 20.2. The molecular formula is C23H19ClF2N2O3S2. The van der Waals surface area contributed by atoms with Crippen molar-refractivity contribution in [3.05, 3.63) is 76.9 Å². The molecule has 4 aromatic rings. The van der Waals surface area contributed by atoms with Crippen LogP contribution in [0.15, 0.2) is 59.5 Å². The van der Waals surface area contributed by atoms with Crippen molar-refractivity contribution < 1.29 is 22.3 Å². The van der Waals surface area contributed by atoms with E-state index in [4.69, 9.17) is 11.6 Å². The van der Waals surface area contributed by atoms with Gasteiger partial charge < -0.3 is 5.11 Å². The average Bonchev–Trinajstić information content (AvgIpc) is 3.32. The Balaban J connectivity index is 1.86. The van der Waals surface area contributed by atoms with Gasteiger partial charge in [0.15, 0.2) is 15.7 Å². The molecule has 0 atom stereocenters. The molecule has 0 aliphatic carbocycles. The summed E-state index contributed by atoms with van der Waals surface area (Å²) in [5.41, 5.74) is -0.138. The van der Waals surface area contributed by atoms with Crippen LogP contribution in [0.25, 0.3) is 26.7 Å². The molecule has 0 radical (unpaired) electrons. The molecule has 0 spiro atoms. The van der Waals surface area contributed by atoms with Crippen LogP contribution in [0.2, 0.25) is 5.02 Å². The highest BCUT2D eigenvalue weighted by molar-refractivity contribution is 7.90. The SMILES string of the molecule is CC(C)(O)c1nn(-c2ccc(F)cc2F)c(-c2ccc(-c3ccc(S(C)(=O)=O)cc3)s2)c1Cl. The topological polar surface area (TPSA) is 72.2 Å². The van der Waals surface area contributed by atoms with Crippen LogP contribution in [0.3, 0.4) is 0 Å². The second-order valence-corrected chi connectivity index (χ2v) is 11.5. The van der Waals surface area contributed by atoms with E-state index in [1.807, 2.05) is 6.07 Å². The molecule has 0 fully saturated rings. The van der Waals surface area contributed by atoms with Crippen molar-refractivity contribution >= 4 is 32.8 Å².